The fraction of sp³-hybridized carbons (Fsp3) is 0.393. The van der Waals surface area contributed by atoms with Crippen LogP contribution in [0.4, 0.5) is 4.79 Å². The van der Waals surface area contributed by atoms with Crippen LogP contribution >= 0.6 is 0 Å². The van der Waals surface area contributed by atoms with Crippen molar-refractivity contribution in [3.63, 3.8) is 0 Å². The molecule has 0 aromatic heterocycles. The summed E-state index contributed by atoms with van der Waals surface area (Å²) in [6.45, 7) is 7.57. The molecule has 35 heavy (non-hydrogen) atoms. The Morgan fingerprint density at radius 3 is 2.14 bits per heavy atom. The number of ether oxygens (including phenoxy) is 1. The first-order valence-electron chi connectivity index (χ1n) is 11.9. The van der Waals surface area contributed by atoms with Gasteiger partial charge in [-0.1, -0.05) is 60.2 Å². The highest BCUT2D eigenvalue weighted by Gasteiger charge is 2.30. The lowest BCUT2D eigenvalue weighted by atomic mass is 9.98. The Balaban J connectivity index is 1.51. The highest BCUT2D eigenvalue weighted by molar-refractivity contribution is 5.83. The van der Waals surface area contributed by atoms with Crippen LogP contribution in [0.3, 0.4) is 0 Å². The lowest BCUT2D eigenvalue weighted by molar-refractivity contribution is -0.141. The minimum atomic E-state index is -1.08. The van der Waals surface area contributed by atoms with E-state index >= 15 is 0 Å². The Morgan fingerprint density at radius 1 is 1.03 bits per heavy atom. The molecular weight excluding hydrogens is 444 g/mol. The zero-order chi connectivity index (χ0) is 25.6. The van der Waals surface area contributed by atoms with Gasteiger partial charge >= 0.3 is 12.1 Å². The van der Waals surface area contributed by atoms with Gasteiger partial charge in [0, 0.05) is 17.9 Å². The Labute approximate surface area is 206 Å². The maximum atomic E-state index is 12.6. The van der Waals surface area contributed by atoms with Crippen LogP contribution in [0.5, 0.6) is 0 Å². The van der Waals surface area contributed by atoms with Gasteiger partial charge in [-0.15, -0.1) is 0 Å². The highest BCUT2D eigenvalue weighted by Crippen LogP contribution is 2.44. The maximum Gasteiger partial charge on any atom is 0.407 e. The molecule has 0 bridgehead atoms. The summed E-state index contributed by atoms with van der Waals surface area (Å²) in [5.74, 6) is -1.48. The van der Waals surface area contributed by atoms with Crippen molar-refractivity contribution >= 4 is 18.0 Å². The number of carboxylic acid groups (broad SMARTS) is 1. The molecule has 1 unspecified atom stereocenters. The first-order chi connectivity index (χ1) is 16.6. The average molecular weight is 479 g/mol. The number of hydrogen-bond acceptors (Lipinski definition) is 4. The number of carbonyl (C=O) groups excluding carboxylic acids is 2. The summed E-state index contributed by atoms with van der Waals surface area (Å²) < 4.78 is 5.60. The van der Waals surface area contributed by atoms with E-state index in [0.29, 0.717) is 6.42 Å². The molecule has 186 valence electrons. The van der Waals surface area contributed by atoms with Gasteiger partial charge in [0.1, 0.15) is 12.6 Å². The van der Waals surface area contributed by atoms with Crippen LogP contribution in [0.1, 0.15) is 64.0 Å². The van der Waals surface area contributed by atoms with Crippen molar-refractivity contribution in [3.8, 4) is 11.1 Å². The van der Waals surface area contributed by atoms with Gasteiger partial charge in [-0.2, -0.15) is 0 Å². The van der Waals surface area contributed by atoms with Gasteiger partial charge in [-0.3, -0.25) is 4.79 Å². The molecule has 1 atom stereocenters. The third-order valence-corrected chi connectivity index (χ3v) is 6.16. The van der Waals surface area contributed by atoms with Crippen LogP contribution in [0, 0.1) is 0 Å². The van der Waals surface area contributed by atoms with Gasteiger partial charge in [0.15, 0.2) is 0 Å². The predicted octanol–water partition coefficient (Wildman–Crippen LogP) is 5.01. The maximum absolute atomic E-state index is 12.6. The Bertz CT molecular complexity index is 1070. The number of allylic oxidation sites excluding steroid dienone is 1. The van der Waals surface area contributed by atoms with E-state index < -0.39 is 23.6 Å². The smallest absolute Gasteiger partial charge is 0.407 e. The second-order valence-corrected chi connectivity index (χ2v) is 9.81. The number of amides is 2. The van der Waals surface area contributed by atoms with E-state index in [-0.39, 0.29) is 31.3 Å². The normalized spacial score (nSPS) is 13.3. The zero-order valence-electron chi connectivity index (χ0n) is 20.8. The van der Waals surface area contributed by atoms with Crippen molar-refractivity contribution in [2.75, 3.05) is 6.61 Å². The summed E-state index contributed by atoms with van der Waals surface area (Å²) >= 11 is 0. The fourth-order valence-corrected chi connectivity index (χ4v) is 4.24. The number of carboxylic acids is 1. The topological polar surface area (TPSA) is 105 Å². The van der Waals surface area contributed by atoms with E-state index in [4.69, 9.17) is 4.74 Å². The molecule has 2 amide bonds. The SMILES string of the molecule is CC(C)=CCC(NC(=O)CCC(C)(C)NC(=O)OCC1c2ccccc2-c2ccccc21)C(=O)O. The fourth-order valence-electron chi connectivity index (χ4n) is 4.24. The number of fused-ring (bicyclic) bond motifs is 3. The molecule has 2 aromatic rings. The number of benzene rings is 2. The van der Waals surface area contributed by atoms with E-state index in [0.717, 1.165) is 27.8 Å². The molecule has 0 saturated heterocycles. The average Bonchev–Trinajstić information content (AvgIpc) is 3.12. The number of nitrogens with one attached hydrogen (secondary N) is 2. The molecule has 0 fully saturated rings. The molecule has 7 nitrogen and oxygen atoms in total. The number of hydrogen-bond donors (Lipinski definition) is 3. The van der Waals surface area contributed by atoms with Crippen LogP contribution in [0.2, 0.25) is 0 Å². The van der Waals surface area contributed by atoms with Crippen molar-refractivity contribution in [1.82, 2.24) is 10.6 Å². The number of aliphatic carboxylic acids is 1. The highest BCUT2D eigenvalue weighted by atomic mass is 16.5. The van der Waals surface area contributed by atoms with Gasteiger partial charge in [-0.05, 0) is 62.8 Å². The first kappa shape index (κ1) is 26.0. The minimum absolute atomic E-state index is 0.0317. The number of alkyl carbamates (subject to hydrolysis) is 1. The molecule has 3 N–H and O–H groups in total. The number of carbonyl (C=O) groups is 3. The van der Waals surface area contributed by atoms with E-state index in [1.807, 2.05) is 38.1 Å². The summed E-state index contributed by atoms with van der Waals surface area (Å²) in [7, 11) is 0. The third-order valence-electron chi connectivity index (χ3n) is 6.16. The van der Waals surface area contributed by atoms with Crippen molar-refractivity contribution in [2.24, 2.45) is 0 Å². The summed E-state index contributed by atoms with van der Waals surface area (Å²) in [6.07, 6.45) is 1.86. The molecule has 0 radical (unpaired) electrons. The summed E-state index contributed by atoms with van der Waals surface area (Å²) in [4.78, 5) is 36.3. The van der Waals surface area contributed by atoms with Crippen molar-refractivity contribution in [1.29, 1.82) is 0 Å². The van der Waals surface area contributed by atoms with Gasteiger partial charge in [0.05, 0.1) is 0 Å². The van der Waals surface area contributed by atoms with Gasteiger partial charge in [-0.25, -0.2) is 9.59 Å². The zero-order valence-corrected chi connectivity index (χ0v) is 20.8. The monoisotopic (exact) mass is 478 g/mol. The van der Waals surface area contributed by atoms with E-state index in [1.165, 1.54) is 0 Å². The van der Waals surface area contributed by atoms with Gasteiger partial charge in [0.25, 0.3) is 0 Å². The van der Waals surface area contributed by atoms with E-state index in [2.05, 4.69) is 34.9 Å². The van der Waals surface area contributed by atoms with Crippen molar-refractivity contribution < 1.29 is 24.2 Å². The molecule has 0 saturated carbocycles. The van der Waals surface area contributed by atoms with Crippen LogP contribution in [0.25, 0.3) is 11.1 Å². The second kappa shape index (κ2) is 11.2. The molecule has 1 aliphatic rings. The van der Waals surface area contributed by atoms with Crippen LogP contribution in [-0.2, 0) is 14.3 Å². The van der Waals surface area contributed by atoms with Crippen LogP contribution in [0.15, 0.2) is 60.2 Å². The second-order valence-electron chi connectivity index (χ2n) is 9.81. The Hall–Kier alpha value is -3.61. The molecule has 1 aliphatic carbocycles. The first-order valence-corrected chi connectivity index (χ1v) is 11.9. The van der Waals surface area contributed by atoms with Crippen molar-refractivity contribution in [2.45, 2.75) is 64.5 Å². The molecule has 0 spiro atoms. The lowest BCUT2D eigenvalue weighted by Gasteiger charge is -2.26. The summed E-state index contributed by atoms with van der Waals surface area (Å²) in [6, 6.07) is 15.3. The molecule has 0 aliphatic heterocycles. The molecule has 3 rings (SSSR count). The van der Waals surface area contributed by atoms with Crippen LogP contribution in [-0.4, -0.2) is 41.3 Å². The molecule has 0 heterocycles. The third kappa shape index (κ3) is 6.94. The molecule has 2 aromatic carbocycles. The molecular formula is C28H34N2O5. The minimum Gasteiger partial charge on any atom is -0.480 e. The lowest BCUT2D eigenvalue weighted by Crippen LogP contribution is -2.46. The number of rotatable bonds is 10. The van der Waals surface area contributed by atoms with E-state index in [1.54, 1.807) is 19.9 Å². The van der Waals surface area contributed by atoms with Crippen molar-refractivity contribution in [3.05, 3.63) is 71.3 Å². The predicted molar refractivity (Wildman–Crippen MR) is 135 cm³/mol. The quantitative estimate of drug-likeness (QED) is 0.417. The Kier molecular flexibility index (Phi) is 8.33. The van der Waals surface area contributed by atoms with Crippen LogP contribution < -0.4 is 10.6 Å². The largest absolute Gasteiger partial charge is 0.480 e. The summed E-state index contributed by atoms with van der Waals surface area (Å²) in [5.41, 5.74) is 4.87. The van der Waals surface area contributed by atoms with Gasteiger partial charge in [0.2, 0.25) is 5.91 Å². The summed E-state index contributed by atoms with van der Waals surface area (Å²) in [5, 5.41) is 14.7. The Morgan fingerprint density at radius 2 is 1.60 bits per heavy atom. The van der Waals surface area contributed by atoms with E-state index in [9.17, 15) is 19.5 Å². The standard InChI is InChI=1S/C28H34N2O5/c1-18(2)13-14-24(26(32)33)29-25(31)15-16-28(3,4)30-27(34)35-17-23-21-11-7-5-9-19(21)20-10-6-8-12-22(20)23/h5-13,23-24H,14-17H2,1-4H3,(H,29,31)(H,30,34)(H,32,33). The molecule has 7 heteroatoms. The van der Waals surface area contributed by atoms with Gasteiger partial charge < -0.3 is 20.5 Å².